The topological polar surface area (TPSA) is 69.9 Å². The highest BCUT2D eigenvalue weighted by molar-refractivity contribution is 5.88. The minimum atomic E-state index is -0.844. The molecule has 0 saturated carbocycles. The molecule has 0 aliphatic rings. The molecule has 2 aromatic rings. The standard InChI is InChI=1S/C11H11FN4O2/c1-6-4-7(15-16(6)2)9-8(12)10(11(17)18-3)14-5-13-9/h4-5H,1-3H3. The second kappa shape index (κ2) is 4.52. The van der Waals surface area contributed by atoms with Gasteiger partial charge in [-0.2, -0.15) is 5.10 Å². The van der Waals surface area contributed by atoms with Gasteiger partial charge in [0, 0.05) is 12.7 Å². The number of aryl methyl sites for hydroxylation is 2. The number of aromatic nitrogens is 4. The zero-order valence-electron chi connectivity index (χ0n) is 10.1. The Morgan fingerprint density at radius 1 is 1.44 bits per heavy atom. The summed E-state index contributed by atoms with van der Waals surface area (Å²) in [7, 11) is 2.90. The lowest BCUT2D eigenvalue weighted by atomic mass is 10.2. The van der Waals surface area contributed by atoms with Gasteiger partial charge in [0.25, 0.3) is 0 Å². The quantitative estimate of drug-likeness (QED) is 0.747. The molecule has 0 N–H and O–H groups in total. The lowest BCUT2D eigenvalue weighted by Crippen LogP contribution is -2.09. The lowest BCUT2D eigenvalue weighted by Gasteiger charge is -2.02. The first-order valence-corrected chi connectivity index (χ1v) is 5.14. The smallest absolute Gasteiger partial charge is 0.359 e. The molecule has 0 unspecified atom stereocenters. The highest BCUT2D eigenvalue weighted by atomic mass is 19.1. The number of hydrogen-bond donors (Lipinski definition) is 0. The monoisotopic (exact) mass is 250 g/mol. The van der Waals surface area contributed by atoms with Crippen molar-refractivity contribution in [1.82, 2.24) is 19.7 Å². The van der Waals surface area contributed by atoms with Crippen LogP contribution in [0.3, 0.4) is 0 Å². The normalized spacial score (nSPS) is 10.4. The van der Waals surface area contributed by atoms with Crippen LogP contribution in [0.5, 0.6) is 0 Å². The summed E-state index contributed by atoms with van der Waals surface area (Å²) in [6, 6.07) is 1.67. The number of ether oxygens (including phenoxy) is 1. The third-order valence-electron chi connectivity index (χ3n) is 2.52. The van der Waals surface area contributed by atoms with E-state index in [1.165, 1.54) is 0 Å². The number of nitrogens with zero attached hydrogens (tertiary/aromatic N) is 4. The number of rotatable bonds is 2. The van der Waals surface area contributed by atoms with E-state index in [1.807, 2.05) is 6.92 Å². The molecule has 0 aromatic carbocycles. The van der Waals surface area contributed by atoms with Gasteiger partial charge in [-0.1, -0.05) is 0 Å². The molecule has 6 nitrogen and oxygen atoms in total. The first-order chi connectivity index (χ1) is 8.54. The van der Waals surface area contributed by atoms with E-state index >= 15 is 0 Å². The number of hydrogen-bond acceptors (Lipinski definition) is 5. The van der Waals surface area contributed by atoms with Crippen LogP contribution >= 0.6 is 0 Å². The largest absolute Gasteiger partial charge is 0.464 e. The summed E-state index contributed by atoms with van der Waals surface area (Å²) < 4.78 is 20.1. The van der Waals surface area contributed by atoms with Crippen LogP contribution in [0.15, 0.2) is 12.4 Å². The van der Waals surface area contributed by atoms with Crippen LogP contribution < -0.4 is 0 Å². The van der Waals surface area contributed by atoms with Crippen molar-refractivity contribution in [3.8, 4) is 11.4 Å². The van der Waals surface area contributed by atoms with Crippen LogP contribution in [0.4, 0.5) is 4.39 Å². The first-order valence-electron chi connectivity index (χ1n) is 5.14. The van der Waals surface area contributed by atoms with Crippen LogP contribution in [0.1, 0.15) is 16.2 Å². The second-order valence-corrected chi connectivity index (χ2v) is 3.67. The van der Waals surface area contributed by atoms with Gasteiger partial charge in [0.15, 0.2) is 11.5 Å². The maximum absolute atomic E-state index is 14.1. The lowest BCUT2D eigenvalue weighted by molar-refractivity contribution is 0.0588. The van der Waals surface area contributed by atoms with Gasteiger partial charge in [0.2, 0.25) is 0 Å². The minimum absolute atomic E-state index is 0.0194. The van der Waals surface area contributed by atoms with E-state index in [0.717, 1.165) is 19.1 Å². The van der Waals surface area contributed by atoms with E-state index in [0.29, 0.717) is 5.69 Å². The van der Waals surface area contributed by atoms with Crippen molar-refractivity contribution in [1.29, 1.82) is 0 Å². The molecule has 2 aromatic heterocycles. The maximum Gasteiger partial charge on any atom is 0.359 e. The summed E-state index contributed by atoms with van der Waals surface area (Å²) >= 11 is 0. The van der Waals surface area contributed by atoms with E-state index in [9.17, 15) is 9.18 Å². The summed E-state index contributed by atoms with van der Waals surface area (Å²) in [5.41, 5.74) is 0.780. The molecule has 7 heteroatoms. The van der Waals surface area contributed by atoms with Crippen LogP contribution in [0.25, 0.3) is 11.4 Å². The van der Waals surface area contributed by atoms with Gasteiger partial charge in [-0.25, -0.2) is 19.2 Å². The molecule has 2 heterocycles. The van der Waals surface area contributed by atoms with E-state index < -0.39 is 17.5 Å². The van der Waals surface area contributed by atoms with Crippen molar-refractivity contribution in [3.05, 3.63) is 29.6 Å². The summed E-state index contributed by atoms with van der Waals surface area (Å²) in [6.45, 7) is 1.83. The average molecular weight is 250 g/mol. The summed E-state index contributed by atoms with van der Waals surface area (Å²) in [4.78, 5) is 18.7. The molecule has 0 fully saturated rings. The number of halogens is 1. The molecule has 94 valence electrons. The van der Waals surface area contributed by atoms with Crippen LogP contribution in [0, 0.1) is 12.7 Å². The zero-order chi connectivity index (χ0) is 13.3. The number of esters is 1. The van der Waals surface area contributed by atoms with Crippen molar-refractivity contribution >= 4 is 5.97 Å². The molecule has 0 amide bonds. The van der Waals surface area contributed by atoms with Gasteiger partial charge in [0.1, 0.15) is 17.7 Å². The van der Waals surface area contributed by atoms with Gasteiger partial charge in [-0.15, -0.1) is 0 Å². The molecule has 0 radical (unpaired) electrons. The van der Waals surface area contributed by atoms with Gasteiger partial charge in [-0.3, -0.25) is 4.68 Å². The highest BCUT2D eigenvalue weighted by Crippen LogP contribution is 2.21. The molecule has 0 spiro atoms. The molecule has 0 saturated heterocycles. The van der Waals surface area contributed by atoms with Crippen molar-refractivity contribution in [2.24, 2.45) is 7.05 Å². The Balaban J connectivity index is 2.55. The van der Waals surface area contributed by atoms with Crippen molar-refractivity contribution in [2.45, 2.75) is 6.92 Å². The molecule has 0 aliphatic carbocycles. The molecule has 18 heavy (non-hydrogen) atoms. The Hall–Kier alpha value is -2.31. The van der Waals surface area contributed by atoms with E-state index in [1.54, 1.807) is 17.8 Å². The van der Waals surface area contributed by atoms with Crippen molar-refractivity contribution in [2.75, 3.05) is 7.11 Å². The fourth-order valence-electron chi connectivity index (χ4n) is 1.46. The highest BCUT2D eigenvalue weighted by Gasteiger charge is 2.20. The summed E-state index contributed by atoms with van der Waals surface area (Å²) in [5.74, 6) is -1.67. The fraction of sp³-hybridized carbons (Fsp3) is 0.273. The second-order valence-electron chi connectivity index (χ2n) is 3.67. The zero-order valence-corrected chi connectivity index (χ0v) is 10.1. The Morgan fingerprint density at radius 3 is 2.72 bits per heavy atom. The SMILES string of the molecule is COC(=O)c1ncnc(-c2cc(C)n(C)n2)c1F. The van der Waals surface area contributed by atoms with Crippen LogP contribution in [-0.2, 0) is 11.8 Å². The minimum Gasteiger partial charge on any atom is -0.464 e. The van der Waals surface area contributed by atoms with Crippen LogP contribution in [0.2, 0.25) is 0 Å². The number of methoxy groups -OCH3 is 1. The van der Waals surface area contributed by atoms with E-state index in [4.69, 9.17) is 0 Å². The third kappa shape index (κ3) is 1.94. The van der Waals surface area contributed by atoms with E-state index in [-0.39, 0.29) is 5.69 Å². The Morgan fingerprint density at radius 2 is 2.17 bits per heavy atom. The first kappa shape index (κ1) is 12.2. The average Bonchev–Trinajstić information content (AvgIpc) is 2.69. The molecule has 0 bridgehead atoms. The van der Waals surface area contributed by atoms with Crippen molar-refractivity contribution < 1.29 is 13.9 Å². The fourth-order valence-corrected chi connectivity index (χ4v) is 1.46. The predicted octanol–water partition coefficient (Wildman–Crippen LogP) is 1.11. The number of carbonyl (C=O) groups is 1. The molecule has 0 aliphatic heterocycles. The Bertz CT molecular complexity index is 590. The molecular formula is C11H11FN4O2. The van der Waals surface area contributed by atoms with Gasteiger partial charge in [-0.05, 0) is 13.0 Å². The molecule has 2 rings (SSSR count). The molecular weight excluding hydrogens is 239 g/mol. The Kier molecular flexibility index (Phi) is 3.05. The van der Waals surface area contributed by atoms with Gasteiger partial charge in [0.05, 0.1) is 7.11 Å². The van der Waals surface area contributed by atoms with Gasteiger partial charge < -0.3 is 4.74 Å². The number of carbonyl (C=O) groups excluding carboxylic acids is 1. The van der Waals surface area contributed by atoms with Gasteiger partial charge >= 0.3 is 5.97 Å². The maximum atomic E-state index is 14.1. The summed E-state index contributed by atoms with van der Waals surface area (Å²) in [6.07, 6.45) is 1.11. The third-order valence-corrected chi connectivity index (χ3v) is 2.52. The van der Waals surface area contributed by atoms with E-state index in [2.05, 4.69) is 19.8 Å². The Labute approximate surface area is 102 Å². The van der Waals surface area contributed by atoms with Crippen molar-refractivity contribution in [3.63, 3.8) is 0 Å². The predicted molar refractivity (Wildman–Crippen MR) is 60.3 cm³/mol. The molecule has 0 atom stereocenters. The van der Waals surface area contributed by atoms with Crippen LogP contribution in [-0.4, -0.2) is 32.8 Å². The summed E-state index contributed by atoms with van der Waals surface area (Å²) in [5, 5.41) is 4.10.